The predicted molar refractivity (Wildman–Crippen MR) is 79.4 cm³/mol. The Morgan fingerprint density at radius 2 is 0.842 bits per heavy atom. The minimum absolute atomic E-state index is 0.197. The first-order chi connectivity index (χ1) is 16.1. The zero-order valence-electron chi connectivity index (χ0n) is 17.1. The van der Waals surface area contributed by atoms with Gasteiger partial charge in [-0.1, -0.05) is 0 Å². The number of halogens is 19. The van der Waals surface area contributed by atoms with E-state index < -0.39 is 86.3 Å². The van der Waals surface area contributed by atoms with Crippen LogP contribution in [0.1, 0.15) is 6.92 Å². The van der Waals surface area contributed by atoms with Gasteiger partial charge in [0, 0.05) is 0 Å². The zero-order valence-corrected chi connectivity index (χ0v) is 17.9. The van der Waals surface area contributed by atoms with Crippen molar-refractivity contribution in [3.05, 3.63) is 0 Å². The Morgan fingerprint density at radius 1 is 0.579 bits per heavy atom. The van der Waals surface area contributed by atoms with Crippen LogP contribution in [0.15, 0.2) is 0 Å². The lowest BCUT2D eigenvalue weighted by Gasteiger charge is -2.44. The minimum Gasteiger partial charge on any atom is -0.480 e. The van der Waals surface area contributed by atoms with Crippen molar-refractivity contribution in [2.24, 2.45) is 0 Å². The summed E-state index contributed by atoms with van der Waals surface area (Å²) in [5.74, 6) is -67.1. The molecule has 0 heterocycles. The largest absolute Gasteiger partial charge is 0.480 e. The minimum atomic E-state index is -9.18. The molecule has 0 aromatic rings. The molecule has 0 spiro atoms. The molecule has 0 fully saturated rings. The third-order valence-corrected chi connectivity index (χ3v) is 6.15. The SMILES string of the molecule is CCS(=O)(=O)N(CC(=O)O)C(F)(F)C(F)(F)C(F)(F)C(F)(F)C(F)(F)C(F)(F)C(F)(F)C(F)(F)C(F)(F)F. The molecule has 0 aromatic heterocycles. The molecule has 0 aliphatic heterocycles. The molecule has 1 N–H and O–H groups in total. The second kappa shape index (κ2) is 9.31. The first-order valence-electron chi connectivity index (χ1n) is 8.42. The lowest BCUT2D eigenvalue weighted by atomic mass is 9.88. The number of aliphatic carboxylic acids is 1. The maximum atomic E-state index is 14.1. The standard InChI is InChI=1S/C13H8F19NO4S/c1-2-38(36,37)33(3-4(34)35)13(31,32)11(26,27)9(22,23)7(18,19)5(14,15)6(16,17)8(20,21)10(24,25)12(28,29)30/h2-3H2,1H3,(H,34,35). The maximum absolute atomic E-state index is 14.1. The number of hydrogen-bond acceptors (Lipinski definition) is 3. The van der Waals surface area contributed by atoms with Crippen molar-refractivity contribution in [1.82, 2.24) is 4.31 Å². The van der Waals surface area contributed by atoms with Crippen molar-refractivity contribution in [2.75, 3.05) is 12.3 Å². The number of nitrogens with zero attached hydrogens (tertiary/aromatic N) is 1. The number of hydrogen-bond donors (Lipinski definition) is 1. The summed E-state index contributed by atoms with van der Waals surface area (Å²) >= 11 is 0. The van der Waals surface area contributed by atoms with Gasteiger partial charge in [0.15, 0.2) is 0 Å². The van der Waals surface area contributed by atoms with Gasteiger partial charge in [-0.3, -0.25) is 4.79 Å². The highest BCUT2D eigenvalue weighted by Crippen LogP contribution is 2.65. The van der Waals surface area contributed by atoms with E-state index in [9.17, 15) is 96.6 Å². The summed E-state index contributed by atoms with van der Waals surface area (Å²) in [5, 5.41) is 8.32. The summed E-state index contributed by atoms with van der Waals surface area (Å²) in [4.78, 5) is 10.5. The van der Waals surface area contributed by atoms with E-state index in [0.717, 1.165) is 0 Å². The topological polar surface area (TPSA) is 74.7 Å². The van der Waals surface area contributed by atoms with E-state index >= 15 is 0 Å². The predicted octanol–water partition coefficient (Wildman–Crippen LogP) is 5.32. The fourth-order valence-electron chi connectivity index (χ4n) is 2.16. The quantitative estimate of drug-likeness (QED) is 0.233. The van der Waals surface area contributed by atoms with E-state index in [1.807, 2.05) is 0 Å². The second-order valence-corrected chi connectivity index (χ2v) is 9.04. The molecule has 0 rings (SSSR count). The second-order valence-electron chi connectivity index (χ2n) is 6.86. The average Bonchev–Trinajstić information content (AvgIpc) is 2.69. The smallest absolute Gasteiger partial charge is 0.460 e. The molecule has 5 nitrogen and oxygen atoms in total. The van der Waals surface area contributed by atoms with Gasteiger partial charge in [-0.25, -0.2) is 8.42 Å². The van der Waals surface area contributed by atoms with E-state index in [0.29, 0.717) is 0 Å². The van der Waals surface area contributed by atoms with Crippen molar-refractivity contribution in [1.29, 1.82) is 0 Å². The van der Waals surface area contributed by atoms with E-state index in [-0.39, 0.29) is 6.92 Å². The molecule has 0 aromatic carbocycles. The molecule has 25 heteroatoms. The molecule has 228 valence electrons. The molecule has 0 radical (unpaired) electrons. The Balaban J connectivity index is 7.28. The molecule has 0 saturated heterocycles. The zero-order chi connectivity index (χ0) is 31.6. The van der Waals surface area contributed by atoms with Crippen LogP contribution in [0.5, 0.6) is 0 Å². The molecular formula is C13H8F19NO4S. The Kier molecular flexibility index (Phi) is 8.84. The van der Waals surface area contributed by atoms with Gasteiger partial charge in [-0.2, -0.15) is 83.4 Å². The molecule has 0 aliphatic rings. The van der Waals surface area contributed by atoms with Gasteiger partial charge in [-0.15, -0.1) is 4.31 Å². The van der Waals surface area contributed by atoms with Crippen LogP contribution in [0.3, 0.4) is 0 Å². The summed E-state index contributed by atoms with van der Waals surface area (Å²) in [6.07, 6.45) is -8.02. The van der Waals surface area contributed by atoms with E-state index in [2.05, 4.69) is 0 Å². The van der Waals surface area contributed by atoms with Gasteiger partial charge in [-0.05, 0) is 6.92 Å². The Labute approximate surface area is 196 Å². The van der Waals surface area contributed by atoms with Crippen molar-refractivity contribution in [3.63, 3.8) is 0 Å². The van der Waals surface area contributed by atoms with Gasteiger partial charge in [0.25, 0.3) is 0 Å². The van der Waals surface area contributed by atoms with E-state index in [1.54, 1.807) is 0 Å². The third kappa shape index (κ3) is 4.69. The Bertz CT molecular complexity index is 1000. The monoisotopic (exact) mass is 635 g/mol. The number of carboxylic acid groups (broad SMARTS) is 1. The van der Waals surface area contributed by atoms with Gasteiger partial charge in [0.2, 0.25) is 10.0 Å². The van der Waals surface area contributed by atoms with Gasteiger partial charge < -0.3 is 5.11 Å². The lowest BCUT2D eigenvalue weighted by Crippen LogP contribution is -2.77. The number of alkyl halides is 19. The molecule has 0 aliphatic carbocycles. The van der Waals surface area contributed by atoms with Gasteiger partial charge >= 0.3 is 59.6 Å². The molecular weight excluding hydrogens is 627 g/mol. The summed E-state index contributed by atoms with van der Waals surface area (Å²) in [7, 11) is -6.26. The van der Waals surface area contributed by atoms with E-state index in [4.69, 9.17) is 5.11 Å². The Hall–Kier alpha value is -1.95. The first-order valence-corrected chi connectivity index (χ1v) is 10.0. The van der Waals surface area contributed by atoms with Gasteiger partial charge in [0.1, 0.15) is 6.54 Å². The normalized spacial score (nSPS) is 16.2. The lowest BCUT2D eigenvalue weighted by molar-refractivity contribution is -0.471. The van der Waals surface area contributed by atoms with Crippen LogP contribution < -0.4 is 0 Å². The highest BCUT2D eigenvalue weighted by molar-refractivity contribution is 7.89. The molecule has 0 bridgehead atoms. The molecule has 0 atom stereocenters. The van der Waals surface area contributed by atoms with Crippen molar-refractivity contribution >= 4 is 16.0 Å². The molecule has 0 saturated carbocycles. The number of carboxylic acids is 1. The van der Waals surface area contributed by atoms with Crippen molar-refractivity contribution in [2.45, 2.75) is 60.6 Å². The van der Waals surface area contributed by atoms with Crippen LogP contribution in [-0.4, -0.2) is 89.8 Å². The molecule has 0 amide bonds. The van der Waals surface area contributed by atoms with Crippen LogP contribution in [0.4, 0.5) is 83.4 Å². The van der Waals surface area contributed by atoms with Crippen LogP contribution in [-0.2, 0) is 14.8 Å². The van der Waals surface area contributed by atoms with Crippen LogP contribution in [0.2, 0.25) is 0 Å². The molecule has 38 heavy (non-hydrogen) atoms. The average molecular weight is 635 g/mol. The summed E-state index contributed by atoms with van der Waals surface area (Å²) in [6, 6.07) is -7.63. The maximum Gasteiger partial charge on any atom is 0.460 e. The van der Waals surface area contributed by atoms with Crippen molar-refractivity contribution in [3.8, 4) is 0 Å². The number of carbonyl (C=O) groups is 1. The van der Waals surface area contributed by atoms with Crippen molar-refractivity contribution < 1.29 is 102 Å². The highest BCUT2D eigenvalue weighted by atomic mass is 32.2. The first kappa shape index (κ1) is 36.0. The summed E-state index contributed by atoms with van der Waals surface area (Å²) < 4.78 is 273. The van der Waals surface area contributed by atoms with Crippen LogP contribution in [0.25, 0.3) is 0 Å². The highest BCUT2D eigenvalue weighted by Gasteiger charge is 2.97. The Morgan fingerprint density at radius 3 is 1.08 bits per heavy atom. The summed E-state index contributed by atoms with van der Waals surface area (Å²) in [5.41, 5.74) is 0. The van der Waals surface area contributed by atoms with Crippen LogP contribution >= 0.6 is 0 Å². The fraction of sp³-hybridized carbons (Fsp3) is 0.923. The molecule has 0 unspecified atom stereocenters. The van der Waals surface area contributed by atoms with Gasteiger partial charge in [0.05, 0.1) is 5.75 Å². The number of sulfonamides is 1. The third-order valence-electron chi connectivity index (χ3n) is 4.39. The summed E-state index contributed by atoms with van der Waals surface area (Å²) in [6.45, 7) is -2.84. The van der Waals surface area contributed by atoms with E-state index in [1.165, 1.54) is 0 Å². The fourth-order valence-corrected chi connectivity index (χ4v) is 3.24. The number of rotatable bonds is 12. The van der Waals surface area contributed by atoms with Crippen LogP contribution in [0, 0.1) is 0 Å².